The number of hydrogen-bond donors (Lipinski definition) is 2. The molecule has 2 aromatic rings. The number of hydrogen-bond acceptors (Lipinski definition) is 6. The molecule has 0 saturated heterocycles. The quantitative estimate of drug-likeness (QED) is 0.651. The number of aromatic nitrogens is 2. The van der Waals surface area contributed by atoms with E-state index in [1.54, 1.807) is 13.1 Å². The number of nitrogens with one attached hydrogen (secondary N) is 2. The van der Waals surface area contributed by atoms with E-state index in [1.165, 1.54) is 6.07 Å². The fourth-order valence-electron chi connectivity index (χ4n) is 2.13. The van der Waals surface area contributed by atoms with Gasteiger partial charge in [0, 0.05) is 19.0 Å². The Morgan fingerprint density at radius 1 is 1.32 bits per heavy atom. The second-order valence-corrected chi connectivity index (χ2v) is 5.07. The van der Waals surface area contributed by atoms with Gasteiger partial charge in [0.25, 0.3) is 5.69 Å². The second kappa shape index (κ2) is 5.55. The van der Waals surface area contributed by atoms with Crippen molar-refractivity contribution < 1.29 is 9.31 Å². The minimum Gasteiger partial charge on any atom is -0.357 e. The molecule has 0 unspecified atom stereocenters. The summed E-state index contributed by atoms with van der Waals surface area (Å²) in [7, 11) is 1.70. The van der Waals surface area contributed by atoms with Crippen molar-refractivity contribution in [1.29, 1.82) is 0 Å². The van der Waals surface area contributed by atoms with Gasteiger partial charge in [0.1, 0.15) is 17.3 Å². The Morgan fingerprint density at radius 3 is 2.73 bits per heavy atom. The summed E-state index contributed by atoms with van der Waals surface area (Å²) in [5, 5.41) is 16.8. The molecule has 1 aliphatic carbocycles. The second-order valence-electron chi connectivity index (χ2n) is 5.07. The molecule has 1 saturated carbocycles. The largest absolute Gasteiger partial charge is 0.357 e. The minimum absolute atomic E-state index is 0.189. The summed E-state index contributed by atoms with van der Waals surface area (Å²) in [6, 6.07) is 5.14. The highest BCUT2D eigenvalue weighted by atomic mass is 19.1. The average molecular weight is 303 g/mol. The van der Waals surface area contributed by atoms with Gasteiger partial charge in [-0.15, -0.1) is 0 Å². The molecular formula is C14H14FN5O2. The molecule has 2 N–H and O–H groups in total. The molecule has 22 heavy (non-hydrogen) atoms. The first-order chi connectivity index (χ1) is 10.6. The van der Waals surface area contributed by atoms with E-state index in [1.807, 2.05) is 0 Å². The number of rotatable bonds is 5. The van der Waals surface area contributed by atoms with Gasteiger partial charge < -0.3 is 10.6 Å². The van der Waals surface area contributed by atoms with Crippen LogP contribution in [0.1, 0.15) is 24.5 Å². The van der Waals surface area contributed by atoms with Crippen molar-refractivity contribution in [2.24, 2.45) is 0 Å². The zero-order valence-corrected chi connectivity index (χ0v) is 11.8. The molecule has 0 atom stereocenters. The van der Waals surface area contributed by atoms with Gasteiger partial charge in [-0.1, -0.05) is 0 Å². The molecule has 7 nitrogen and oxygen atoms in total. The van der Waals surface area contributed by atoms with Crippen LogP contribution in [0.15, 0.2) is 24.3 Å². The summed E-state index contributed by atoms with van der Waals surface area (Å²) in [6.45, 7) is 0. The number of nitro groups is 1. The van der Waals surface area contributed by atoms with Gasteiger partial charge in [0.2, 0.25) is 5.95 Å². The van der Waals surface area contributed by atoms with Crippen molar-refractivity contribution in [2.75, 3.05) is 17.7 Å². The molecule has 1 aromatic heterocycles. The van der Waals surface area contributed by atoms with Crippen molar-refractivity contribution in [1.82, 2.24) is 9.97 Å². The maximum absolute atomic E-state index is 13.2. The maximum Gasteiger partial charge on any atom is 0.295 e. The Bertz CT molecular complexity index is 733. The molecule has 1 fully saturated rings. The van der Waals surface area contributed by atoms with Gasteiger partial charge in [-0.3, -0.25) is 10.1 Å². The van der Waals surface area contributed by atoms with E-state index in [4.69, 9.17) is 0 Å². The standard InChI is InChI=1S/C14H14FN5O2/c1-16-14-18-11(8-2-3-8)7-13(19-14)17-10-5-4-9(15)6-12(10)20(21)22/h4-8H,2-3H2,1H3,(H2,16,17,18,19). The van der Waals surface area contributed by atoms with Gasteiger partial charge in [-0.05, 0) is 25.0 Å². The smallest absolute Gasteiger partial charge is 0.295 e. The highest BCUT2D eigenvalue weighted by Crippen LogP contribution is 2.40. The first kappa shape index (κ1) is 14.2. The Kier molecular flexibility index (Phi) is 3.58. The number of anilines is 3. The van der Waals surface area contributed by atoms with Crippen LogP contribution >= 0.6 is 0 Å². The first-order valence-electron chi connectivity index (χ1n) is 6.84. The summed E-state index contributed by atoms with van der Waals surface area (Å²) in [5.41, 5.74) is 0.748. The summed E-state index contributed by atoms with van der Waals surface area (Å²) in [6.07, 6.45) is 2.16. The zero-order chi connectivity index (χ0) is 15.7. The van der Waals surface area contributed by atoms with E-state index in [0.29, 0.717) is 17.7 Å². The van der Waals surface area contributed by atoms with Crippen LogP contribution in [0, 0.1) is 15.9 Å². The van der Waals surface area contributed by atoms with Gasteiger partial charge in [0.15, 0.2) is 0 Å². The Hall–Kier alpha value is -2.77. The number of nitrogens with zero attached hydrogens (tertiary/aromatic N) is 3. The topological polar surface area (TPSA) is 93.0 Å². The number of nitro benzene ring substituents is 1. The molecule has 0 radical (unpaired) electrons. The van der Waals surface area contributed by atoms with E-state index in [9.17, 15) is 14.5 Å². The summed E-state index contributed by atoms with van der Waals surface area (Å²) >= 11 is 0. The third kappa shape index (κ3) is 2.95. The van der Waals surface area contributed by atoms with Crippen LogP contribution < -0.4 is 10.6 Å². The molecular weight excluding hydrogens is 289 g/mol. The third-order valence-corrected chi connectivity index (χ3v) is 3.38. The van der Waals surface area contributed by atoms with E-state index >= 15 is 0 Å². The van der Waals surface area contributed by atoms with Crippen LogP contribution in [0.25, 0.3) is 0 Å². The number of benzene rings is 1. The lowest BCUT2D eigenvalue weighted by Crippen LogP contribution is -2.04. The predicted octanol–water partition coefficient (Wildman–Crippen LogP) is 3.19. The van der Waals surface area contributed by atoms with Crippen LogP contribution in [0.4, 0.5) is 27.5 Å². The Balaban J connectivity index is 1.96. The van der Waals surface area contributed by atoms with Crippen LogP contribution in [0.5, 0.6) is 0 Å². The molecule has 8 heteroatoms. The van der Waals surface area contributed by atoms with Crippen molar-refractivity contribution in [3.05, 3.63) is 45.9 Å². The highest BCUT2D eigenvalue weighted by Gasteiger charge is 2.26. The fourth-order valence-corrected chi connectivity index (χ4v) is 2.13. The van der Waals surface area contributed by atoms with E-state index in [0.717, 1.165) is 30.7 Å². The lowest BCUT2D eigenvalue weighted by molar-refractivity contribution is -0.384. The predicted molar refractivity (Wildman–Crippen MR) is 79.9 cm³/mol. The molecule has 0 bridgehead atoms. The molecule has 0 amide bonds. The van der Waals surface area contributed by atoms with Crippen LogP contribution in [0.3, 0.4) is 0 Å². The monoisotopic (exact) mass is 303 g/mol. The molecule has 1 aliphatic rings. The van der Waals surface area contributed by atoms with Crippen LogP contribution in [-0.2, 0) is 0 Å². The molecule has 0 spiro atoms. The fraction of sp³-hybridized carbons (Fsp3) is 0.286. The van der Waals surface area contributed by atoms with Gasteiger partial charge in [-0.25, -0.2) is 9.37 Å². The van der Waals surface area contributed by atoms with Crippen molar-refractivity contribution in [3.8, 4) is 0 Å². The van der Waals surface area contributed by atoms with E-state index in [-0.39, 0.29) is 11.4 Å². The van der Waals surface area contributed by atoms with Crippen molar-refractivity contribution in [3.63, 3.8) is 0 Å². The Labute approximate surface area is 125 Å². The van der Waals surface area contributed by atoms with Gasteiger partial charge in [-0.2, -0.15) is 4.98 Å². The van der Waals surface area contributed by atoms with E-state index in [2.05, 4.69) is 20.6 Å². The zero-order valence-electron chi connectivity index (χ0n) is 11.8. The minimum atomic E-state index is -0.658. The average Bonchev–Trinajstić information content (AvgIpc) is 3.33. The third-order valence-electron chi connectivity index (χ3n) is 3.38. The van der Waals surface area contributed by atoms with Crippen LogP contribution in [-0.4, -0.2) is 21.9 Å². The molecule has 0 aliphatic heterocycles. The lowest BCUT2D eigenvalue weighted by atomic mass is 10.2. The first-order valence-corrected chi connectivity index (χ1v) is 6.84. The summed E-state index contributed by atoms with van der Waals surface area (Å²) in [5.74, 6) is 0.640. The molecule has 3 rings (SSSR count). The lowest BCUT2D eigenvalue weighted by Gasteiger charge is -2.10. The normalized spacial score (nSPS) is 13.7. The van der Waals surface area contributed by atoms with Gasteiger partial charge in [0.05, 0.1) is 16.7 Å². The molecule has 1 aromatic carbocycles. The summed E-state index contributed by atoms with van der Waals surface area (Å²) in [4.78, 5) is 19.0. The van der Waals surface area contributed by atoms with E-state index < -0.39 is 10.7 Å². The Morgan fingerprint density at radius 2 is 2.09 bits per heavy atom. The summed E-state index contributed by atoms with van der Waals surface area (Å²) < 4.78 is 13.2. The van der Waals surface area contributed by atoms with Gasteiger partial charge >= 0.3 is 0 Å². The van der Waals surface area contributed by atoms with Crippen molar-refractivity contribution >= 4 is 23.1 Å². The van der Waals surface area contributed by atoms with Crippen molar-refractivity contribution in [2.45, 2.75) is 18.8 Å². The highest BCUT2D eigenvalue weighted by molar-refractivity contribution is 5.68. The SMILES string of the molecule is CNc1nc(Nc2ccc(F)cc2[N+](=O)[O-])cc(C2CC2)n1. The van der Waals surface area contributed by atoms with Crippen LogP contribution in [0.2, 0.25) is 0 Å². The molecule has 114 valence electrons. The maximum atomic E-state index is 13.2. The number of halogens is 1. The molecule has 1 heterocycles.